The number of aliphatic carboxylic acids is 1. The van der Waals surface area contributed by atoms with Crippen LogP contribution in [0.4, 0.5) is 13.6 Å². The molecular weight excluding hydrogens is 272 g/mol. The maximum Gasteiger partial charge on any atom is 0.407 e. The van der Waals surface area contributed by atoms with Crippen molar-refractivity contribution in [2.24, 2.45) is 0 Å². The van der Waals surface area contributed by atoms with E-state index in [0.29, 0.717) is 0 Å². The summed E-state index contributed by atoms with van der Waals surface area (Å²) >= 11 is 0. The Morgan fingerprint density at radius 3 is 2.50 bits per heavy atom. The Labute approximate surface area is 113 Å². The summed E-state index contributed by atoms with van der Waals surface area (Å²) in [7, 11) is 0. The lowest BCUT2D eigenvalue weighted by Gasteiger charge is -2.18. The summed E-state index contributed by atoms with van der Waals surface area (Å²) in [6, 6.07) is 1.72. The predicted octanol–water partition coefficient (Wildman–Crippen LogP) is 2.39. The number of carbonyl (C=O) groups is 2. The molecule has 1 aromatic rings. The van der Waals surface area contributed by atoms with Gasteiger partial charge in [0.25, 0.3) is 0 Å². The van der Waals surface area contributed by atoms with Gasteiger partial charge >= 0.3 is 12.1 Å². The quantitative estimate of drug-likeness (QED) is 0.787. The highest BCUT2D eigenvalue weighted by Crippen LogP contribution is 2.23. The Bertz CT molecular complexity index is 499. The van der Waals surface area contributed by atoms with Gasteiger partial charge < -0.3 is 15.2 Å². The van der Waals surface area contributed by atoms with Gasteiger partial charge in [-0.1, -0.05) is 18.7 Å². The number of hydrogen-bond donors (Lipinski definition) is 2. The second-order valence-corrected chi connectivity index (χ2v) is 3.82. The highest BCUT2D eigenvalue weighted by Gasteiger charge is 2.24. The van der Waals surface area contributed by atoms with E-state index >= 15 is 0 Å². The number of ether oxygens (including phenoxy) is 1. The van der Waals surface area contributed by atoms with Crippen molar-refractivity contribution in [1.82, 2.24) is 5.32 Å². The van der Waals surface area contributed by atoms with Crippen LogP contribution in [0.5, 0.6) is 0 Å². The SMILES string of the molecule is C=CCOC(=O)NC(CC(=O)O)c1c(F)cccc1F. The topological polar surface area (TPSA) is 75.6 Å². The first-order chi connectivity index (χ1) is 9.45. The molecule has 1 rings (SSSR count). The molecule has 1 unspecified atom stereocenters. The largest absolute Gasteiger partial charge is 0.481 e. The van der Waals surface area contributed by atoms with E-state index in [1.165, 1.54) is 6.08 Å². The highest BCUT2D eigenvalue weighted by atomic mass is 19.1. The van der Waals surface area contributed by atoms with Gasteiger partial charge in [-0.3, -0.25) is 4.79 Å². The van der Waals surface area contributed by atoms with Crippen LogP contribution in [-0.2, 0) is 9.53 Å². The molecule has 5 nitrogen and oxygen atoms in total. The molecule has 0 aliphatic rings. The average Bonchev–Trinajstić information content (AvgIpc) is 2.35. The molecule has 1 amide bonds. The second-order valence-electron chi connectivity index (χ2n) is 3.82. The monoisotopic (exact) mass is 285 g/mol. The molecule has 0 radical (unpaired) electrons. The van der Waals surface area contributed by atoms with Gasteiger partial charge in [0.2, 0.25) is 0 Å². The number of rotatable bonds is 6. The molecular formula is C13H13F2NO4. The van der Waals surface area contributed by atoms with Gasteiger partial charge in [0.1, 0.15) is 18.2 Å². The molecule has 0 aliphatic heterocycles. The van der Waals surface area contributed by atoms with Crippen LogP contribution in [0, 0.1) is 11.6 Å². The molecule has 0 bridgehead atoms. The van der Waals surface area contributed by atoms with Crippen molar-refractivity contribution in [1.29, 1.82) is 0 Å². The number of benzene rings is 1. The van der Waals surface area contributed by atoms with Crippen LogP contribution in [-0.4, -0.2) is 23.8 Å². The van der Waals surface area contributed by atoms with Crippen molar-refractivity contribution < 1.29 is 28.2 Å². The van der Waals surface area contributed by atoms with E-state index in [0.717, 1.165) is 18.2 Å². The van der Waals surface area contributed by atoms with Crippen LogP contribution in [0.15, 0.2) is 30.9 Å². The number of nitrogens with one attached hydrogen (secondary N) is 1. The normalized spacial score (nSPS) is 11.5. The van der Waals surface area contributed by atoms with Crippen molar-refractivity contribution in [3.8, 4) is 0 Å². The summed E-state index contributed by atoms with van der Waals surface area (Å²) in [4.78, 5) is 22.1. The molecule has 0 heterocycles. The van der Waals surface area contributed by atoms with Gasteiger partial charge in [-0.15, -0.1) is 0 Å². The molecule has 1 aromatic carbocycles. The summed E-state index contributed by atoms with van der Waals surface area (Å²) in [5, 5.41) is 10.9. The number of halogens is 2. The van der Waals surface area contributed by atoms with E-state index in [1.807, 2.05) is 0 Å². The summed E-state index contributed by atoms with van der Waals surface area (Å²) in [5.74, 6) is -3.21. The Morgan fingerprint density at radius 2 is 2.00 bits per heavy atom. The molecule has 0 saturated carbocycles. The maximum absolute atomic E-state index is 13.6. The zero-order valence-corrected chi connectivity index (χ0v) is 10.4. The van der Waals surface area contributed by atoms with E-state index in [2.05, 4.69) is 16.6 Å². The van der Waals surface area contributed by atoms with Crippen molar-refractivity contribution in [2.45, 2.75) is 12.5 Å². The van der Waals surface area contributed by atoms with Crippen molar-refractivity contribution in [2.75, 3.05) is 6.61 Å². The Hall–Kier alpha value is -2.44. The standard InChI is InChI=1S/C13H13F2NO4/c1-2-6-20-13(19)16-10(7-11(17)18)12-8(14)4-3-5-9(12)15/h2-5,10H,1,6-7H2,(H,16,19)(H,17,18). The number of alkyl carbamates (subject to hydrolysis) is 1. The van der Waals surface area contributed by atoms with Gasteiger partial charge in [-0.25, -0.2) is 13.6 Å². The number of carboxylic acids is 1. The van der Waals surface area contributed by atoms with Crippen LogP contribution in [0.25, 0.3) is 0 Å². The molecule has 1 atom stereocenters. The number of carboxylic acid groups (broad SMARTS) is 1. The Balaban J connectivity index is 2.97. The Morgan fingerprint density at radius 1 is 1.40 bits per heavy atom. The van der Waals surface area contributed by atoms with E-state index in [1.54, 1.807) is 0 Å². The van der Waals surface area contributed by atoms with Crippen LogP contribution in [0.1, 0.15) is 18.0 Å². The Kier molecular flexibility index (Phi) is 5.64. The minimum atomic E-state index is -1.37. The lowest BCUT2D eigenvalue weighted by Crippen LogP contribution is -2.32. The molecule has 0 aromatic heterocycles. The molecule has 0 fully saturated rings. The molecule has 108 valence electrons. The third-order valence-corrected chi connectivity index (χ3v) is 2.35. The molecule has 7 heteroatoms. The minimum absolute atomic E-state index is 0.106. The average molecular weight is 285 g/mol. The smallest absolute Gasteiger partial charge is 0.407 e. The fourth-order valence-electron chi connectivity index (χ4n) is 1.56. The molecule has 0 spiro atoms. The number of carbonyl (C=O) groups excluding carboxylic acids is 1. The number of amides is 1. The highest BCUT2D eigenvalue weighted by molar-refractivity contribution is 5.72. The van der Waals surface area contributed by atoms with Gasteiger partial charge in [-0.05, 0) is 12.1 Å². The van der Waals surface area contributed by atoms with Gasteiger partial charge in [0.05, 0.1) is 12.5 Å². The predicted molar refractivity (Wildman–Crippen MR) is 66.0 cm³/mol. The van der Waals surface area contributed by atoms with Crippen LogP contribution >= 0.6 is 0 Å². The lowest BCUT2D eigenvalue weighted by molar-refractivity contribution is -0.137. The third-order valence-electron chi connectivity index (χ3n) is 2.35. The van der Waals surface area contributed by atoms with E-state index in [4.69, 9.17) is 5.11 Å². The summed E-state index contributed by atoms with van der Waals surface area (Å²) in [5.41, 5.74) is -0.523. The van der Waals surface area contributed by atoms with Gasteiger partial charge in [0, 0.05) is 5.56 Å². The van der Waals surface area contributed by atoms with Gasteiger partial charge in [-0.2, -0.15) is 0 Å². The fraction of sp³-hybridized carbons (Fsp3) is 0.231. The first-order valence-corrected chi connectivity index (χ1v) is 5.65. The maximum atomic E-state index is 13.6. The summed E-state index contributed by atoms with van der Waals surface area (Å²) in [6.45, 7) is 3.22. The van der Waals surface area contributed by atoms with E-state index in [9.17, 15) is 18.4 Å². The van der Waals surface area contributed by atoms with E-state index in [-0.39, 0.29) is 6.61 Å². The van der Waals surface area contributed by atoms with Crippen molar-refractivity contribution in [3.05, 3.63) is 48.1 Å². The molecule has 20 heavy (non-hydrogen) atoms. The first kappa shape index (κ1) is 15.6. The van der Waals surface area contributed by atoms with Crippen LogP contribution in [0.3, 0.4) is 0 Å². The second kappa shape index (κ2) is 7.22. The fourth-order valence-corrected chi connectivity index (χ4v) is 1.56. The van der Waals surface area contributed by atoms with Gasteiger partial charge in [0.15, 0.2) is 0 Å². The summed E-state index contributed by atoms with van der Waals surface area (Å²) < 4.78 is 31.8. The third kappa shape index (κ3) is 4.34. The first-order valence-electron chi connectivity index (χ1n) is 5.65. The molecule has 0 aliphatic carbocycles. The van der Waals surface area contributed by atoms with E-state index < -0.39 is 41.7 Å². The molecule has 2 N–H and O–H groups in total. The zero-order chi connectivity index (χ0) is 15.1. The zero-order valence-electron chi connectivity index (χ0n) is 10.4. The minimum Gasteiger partial charge on any atom is -0.481 e. The van der Waals surface area contributed by atoms with Crippen molar-refractivity contribution in [3.63, 3.8) is 0 Å². The van der Waals surface area contributed by atoms with Crippen LogP contribution < -0.4 is 5.32 Å². The van der Waals surface area contributed by atoms with Crippen molar-refractivity contribution >= 4 is 12.1 Å². The summed E-state index contributed by atoms with van der Waals surface area (Å²) in [6.07, 6.45) is -0.366. The number of hydrogen-bond acceptors (Lipinski definition) is 3. The van der Waals surface area contributed by atoms with Crippen LogP contribution in [0.2, 0.25) is 0 Å². The molecule has 0 saturated heterocycles. The lowest BCUT2D eigenvalue weighted by atomic mass is 10.0.